The van der Waals surface area contributed by atoms with Gasteiger partial charge in [0, 0.05) is 5.56 Å². The highest BCUT2D eigenvalue weighted by atomic mass is 19.1. The fraction of sp³-hybridized carbons (Fsp3) is 0.250. The average Bonchev–Trinajstić information content (AvgIpc) is 2.38. The molecule has 4 N–H and O–H groups in total. The summed E-state index contributed by atoms with van der Waals surface area (Å²) < 4.78 is 18.5. The first-order valence-electron chi connectivity index (χ1n) is 5.60. The fourth-order valence-electron chi connectivity index (χ4n) is 1.41. The normalized spacial score (nSPS) is 12.7. The van der Waals surface area contributed by atoms with Gasteiger partial charge in [0.05, 0.1) is 5.71 Å². The molecule has 0 aliphatic carbocycles. The van der Waals surface area contributed by atoms with Crippen LogP contribution < -0.4 is 15.8 Å². The minimum atomic E-state index is -1.04. The molecule has 7 nitrogen and oxygen atoms in total. The zero-order valence-electron chi connectivity index (χ0n) is 10.9. The van der Waals surface area contributed by atoms with Gasteiger partial charge < -0.3 is 15.7 Å². The number of hydrogen-bond donors (Lipinski definition) is 3. The van der Waals surface area contributed by atoms with Crippen LogP contribution in [0.2, 0.25) is 0 Å². The number of urea groups is 1. The van der Waals surface area contributed by atoms with Gasteiger partial charge in [-0.3, -0.25) is 10.1 Å². The summed E-state index contributed by atoms with van der Waals surface area (Å²) in [5, 5.41) is 13.5. The molecule has 1 aromatic rings. The van der Waals surface area contributed by atoms with E-state index in [0.717, 1.165) is 12.1 Å². The first-order valence-corrected chi connectivity index (χ1v) is 5.60. The molecule has 8 heteroatoms. The summed E-state index contributed by atoms with van der Waals surface area (Å²) in [5.41, 5.74) is 5.12. The van der Waals surface area contributed by atoms with E-state index in [9.17, 15) is 14.0 Å². The van der Waals surface area contributed by atoms with Gasteiger partial charge in [-0.2, -0.15) is 0 Å². The Morgan fingerprint density at radius 2 is 2.15 bits per heavy atom. The van der Waals surface area contributed by atoms with E-state index in [1.807, 2.05) is 5.32 Å². The summed E-state index contributed by atoms with van der Waals surface area (Å²) >= 11 is 0. The van der Waals surface area contributed by atoms with Gasteiger partial charge in [0.15, 0.2) is 6.10 Å². The summed E-state index contributed by atoms with van der Waals surface area (Å²) in [4.78, 5) is 22.1. The third-order valence-electron chi connectivity index (χ3n) is 2.40. The molecule has 108 valence electrons. The number of nitrogens with one attached hydrogen (secondary N) is 1. The molecule has 0 bridgehead atoms. The first kappa shape index (κ1) is 15.4. The lowest BCUT2D eigenvalue weighted by atomic mass is 10.1. The Bertz CT molecular complexity index is 560. The van der Waals surface area contributed by atoms with Crippen molar-refractivity contribution in [2.75, 3.05) is 0 Å². The van der Waals surface area contributed by atoms with Crippen molar-refractivity contribution in [2.24, 2.45) is 10.9 Å². The number of carbonyl (C=O) groups excluding carboxylic acids is 2. The minimum absolute atomic E-state index is 0.113. The number of hydrogen-bond acceptors (Lipinski definition) is 5. The molecular formula is C12H14FN3O4. The van der Waals surface area contributed by atoms with Crippen LogP contribution in [0.5, 0.6) is 5.75 Å². The number of nitrogens with two attached hydrogens (primary N) is 1. The average molecular weight is 283 g/mol. The highest BCUT2D eigenvalue weighted by molar-refractivity contribution is 6.01. The van der Waals surface area contributed by atoms with Crippen LogP contribution in [-0.2, 0) is 4.79 Å². The fourth-order valence-corrected chi connectivity index (χ4v) is 1.41. The minimum Gasteiger partial charge on any atom is -0.480 e. The largest absolute Gasteiger partial charge is 0.480 e. The number of oxime groups is 1. The molecule has 0 aromatic heterocycles. The van der Waals surface area contributed by atoms with Gasteiger partial charge in [0.25, 0.3) is 5.91 Å². The van der Waals surface area contributed by atoms with Gasteiger partial charge in [-0.1, -0.05) is 5.16 Å². The van der Waals surface area contributed by atoms with E-state index >= 15 is 0 Å². The van der Waals surface area contributed by atoms with Gasteiger partial charge in [-0.15, -0.1) is 0 Å². The van der Waals surface area contributed by atoms with E-state index in [1.54, 1.807) is 0 Å². The monoisotopic (exact) mass is 283 g/mol. The van der Waals surface area contributed by atoms with Crippen LogP contribution in [-0.4, -0.2) is 29.0 Å². The predicted molar refractivity (Wildman–Crippen MR) is 68.2 cm³/mol. The molecule has 1 aromatic carbocycles. The molecule has 1 unspecified atom stereocenters. The highest BCUT2D eigenvalue weighted by Gasteiger charge is 2.18. The van der Waals surface area contributed by atoms with Crippen molar-refractivity contribution < 1.29 is 23.9 Å². The van der Waals surface area contributed by atoms with Crippen LogP contribution in [0.15, 0.2) is 23.4 Å². The molecule has 0 heterocycles. The Balaban J connectivity index is 2.97. The number of ether oxygens (including phenoxy) is 1. The topological polar surface area (TPSA) is 114 Å². The number of carbonyl (C=O) groups is 2. The van der Waals surface area contributed by atoms with E-state index in [-0.39, 0.29) is 17.0 Å². The van der Waals surface area contributed by atoms with Crippen molar-refractivity contribution >= 4 is 17.6 Å². The van der Waals surface area contributed by atoms with Crippen molar-refractivity contribution in [3.05, 3.63) is 29.6 Å². The third kappa shape index (κ3) is 3.94. The summed E-state index contributed by atoms with van der Waals surface area (Å²) in [5.74, 6) is -1.16. The molecule has 0 saturated carbocycles. The molecule has 1 atom stereocenters. The first-order chi connectivity index (χ1) is 9.35. The molecule has 0 aliphatic heterocycles. The molecule has 0 spiro atoms. The molecule has 0 radical (unpaired) electrons. The maximum atomic E-state index is 13.2. The molecular weight excluding hydrogens is 269 g/mol. The number of nitrogens with zero attached hydrogens (tertiary/aromatic N) is 1. The second-order valence-electron chi connectivity index (χ2n) is 3.94. The lowest BCUT2D eigenvalue weighted by molar-refractivity contribution is -0.126. The Morgan fingerprint density at radius 3 is 2.70 bits per heavy atom. The number of imide groups is 1. The molecule has 3 amide bonds. The van der Waals surface area contributed by atoms with Crippen LogP contribution >= 0.6 is 0 Å². The van der Waals surface area contributed by atoms with E-state index in [1.165, 1.54) is 19.9 Å². The van der Waals surface area contributed by atoms with E-state index in [4.69, 9.17) is 15.7 Å². The standard InChI is InChI=1S/C12H14FN3O4/c1-6(16-19)9-5-8(13)3-4-10(9)20-7(2)11(17)15-12(14)18/h3-5,7,19H,1-2H3,(H3,14,15,17,18)/b16-6+. The number of primary amides is 1. The quantitative estimate of drug-likeness (QED) is 0.434. The Kier molecular flexibility index (Phi) is 5.01. The highest BCUT2D eigenvalue weighted by Crippen LogP contribution is 2.22. The van der Waals surface area contributed by atoms with Crippen LogP contribution in [0.3, 0.4) is 0 Å². The lowest BCUT2D eigenvalue weighted by Crippen LogP contribution is -2.42. The Hall–Kier alpha value is -2.64. The van der Waals surface area contributed by atoms with Crippen LogP contribution in [0.25, 0.3) is 0 Å². The zero-order valence-corrected chi connectivity index (χ0v) is 10.9. The number of benzene rings is 1. The van der Waals surface area contributed by atoms with Crippen LogP contribution in [0, 0.1) is 5.82 Å². The van der Waals surface area contributed by atoms with Crippen molar-refractivity contribution in [1.29, 1.82) is 0 Å². The number of halogens is 1. The SMILES string of the molecule is C/C(=N\O)c1cc(F)ccc1OC(C)C(=O)NC(N)=O. The third-order valence-corrected chi connectivity index (χ3v) is 2.40. The molecule has 0 aliphatic rings. The van der Waals surface area contributed by atoms with E-state index < -0.39 is 23.9 Å². The van der Waals surface area contributed by atoms with Crippen molar-refractivity contribution in [3.8, 4) is 5.75 Å². The number of amides is 3. The predicted octanol–water partition coefficient (Wildman–Crippen LogP) is 0.986. The molecule has 0 fully saturated rings. The van der Waals surface area contributed by atoms with Gasteiger partial charge in [-0.25, -0.2) is 9.18 Å². The second-order valence-corrected chi connectivity index (χ2v) is 3.94. The van der Waals surface area contributed by atoms with Gasteiger partial charge in [0.2, 0.25) is 0 Å². The molecule has 1 rings (SSSR count). The molecule has 0 saturated heterocycles. The summed E-state index contributed by atoms with van der Waals surface area (Å²) in [7, 11) is 0. The smallest absolute Gasteiger partial charge is 0.318 e. The summed E-state index contributed by atoms with van der Waals surface area (Å²) in [6.07, 6.45) is -1.04. The van der Waals surface area contributed by atoms with Crippen LogP contribution in [0.1, 0.15) is 19.4 Å². The number of rotatable bonds is 4. The maximum absolute atomic E-state index is 13.2. The van der Waals surface area contributed by atoms with Gasteiger partial charge in [0.1, 0.15) is 11.6 Å². The van der Waals surface area contributed by atoms with Gasteiger partial charge >= 0.3 is 6.03 Å². The van der Waals surface area contributed by atoms with Gasteiger partial charge in [-0.05, 0) is 32.0 Å². The Morgan fingerprint density at radius 1 is 1.50 bits per heavy atom. The van der Waals surface area contributed by atoms with Crippen molar-refractivity contribution in [2.45, 2.75) is 20.0 Å². The van der Waals surface area contributed by atoms with E-state index in [2.05, 4.69) is 5.16 Å². The Labute approximate surface area is 114 Å². The van der Waals surface area contributed by atoms with Crippen molar-refractivity contribution in [1.82, 2.24) is 5.32 Å². The summed E-state index contributed by atoms with van der Waals surface area (Å²) in [6, 6.07) is 2.51. The summed E-state index contributed by atoms with van der Waals surface area (Å²) in [6.45, 7) is 2.83. The lowest BCUT2D eigenvalue weighted by Gasteiger charge is -2.16. The van der Waals surface area contributed by atoms with E-state index in [0.29, 0.717) is 0 Å². The van der Waals surface area contributed by atoms with Crippen molar-refractivity contribution in [3.63, 3.8) is 0 Å². The molecule has 20 heavy (non-hydrogen) atoms. The zero-order chi connectivity index (χ0) is 15.3. The second kappa shape index (κ2) is 6.50. The van der Waals surface area contributed by atoms with Crippen LogP contribution in [0.4, 0.5) is 9.18 Å². The maximum Gasteiger partial charge on any atom is 0.318 e.